The number of hydrogen-bond donors (Lipinski definition) is 1. The highest BCUT2D eigenvalue weighted by Crippen LogP contribution is 2.12. The Morgan fingerprint density at radius 1 is 1.42 bits per heavy atom. The molecule has 0 aliphatic rings. The van der Waals surface area contributed by atoms with Crippen molar-refractivity contribution in [2.45, 2.75) is 20.8 Å². The third-order valence-electron chi connectivity index (χ3n) is 1.93. The Balaban J connectivity index is 3.47. The summed E-state index contributed by atoms with van der Waals surface area (Å²) in [5.41, 5.74) is 3.14. The Labute approximate surface area is 71.1 Å². The lowest BCUT2D eigenvalue weighted by molar-refractivity contribution is 0.933. The molecule has 0 saturated heterocycles. The highest BCUT2D eigenvalue weighted by atomic mass is 16.1. The first-order valence-corrected chi connectivity index (χ1v) is 3.75. The predicted octanol–water partition coefficient (Wildman–Crippen LogP) is 1.42. The molecule has 3 nitrogen and oxygen atoms in total. The van der Waals surface area contributed by atoms with Crippen LogP contribution in [0.5, 0.6) is 0 Å². The fraction of sp³-hybridized carbons (Fsp3) is 0.333. The minimum Gasteiger partial charge on any atom is -0.268 e. The van der Waals surface area contributed by atoms with Crippen LogP contribution in [0.4, 0.5) is 0 Å². The molecule has 1 rings (SSSR count). The molecule has 0 bridgehead atoms. The van der Waals surface area contributed by atoms with Crippen LogP contribution in [0.3, 0.4) is 0 Å². The Morgan fingerprint density at radius 3 is 2.50 bits per heavy atom. The Bertz CT molecular complexity index is 377. The molecule has 1 heterocycles. The second kappa shape index (κ2) is 2.93. The van der Waals surface area contributed by atoms with Crippen molar-refractivity contribution < 1.29 is 0 Å². The summed E-state index contributed by atoms with van der Waals surface area (Å²) in [6.07, 6.45) is 0. The number of rotatable bonds is 1. The van der Waals surface area contributed by atoms with E-state index in [2.05, 4.69) is 16.8 Å². The molecule has 0 saturated carbocycles. The van der Waals surface area contributed by atoms with E-state index in [1.165, 1.54) is 0 Å². The van der Waals surface area contributed by atoms with E-state index in [-0.39, 0.29) is 5.56 Å². The molecule has 0 spiro atoms. The topological polar surface area (TPSA) is 45.8 Å². The molecule has 0 radical (unpaired) electrons. The van der Waals surface area contributed by atoms with E-state index in [9.17, 15) is 4.79 Å². The molecule has 3 heteroatoms. The molecule has 1 N–H and O–H groups in total. The van der Waals surface area contributed by atoms with Crippen molar-refractivity contribution >= 4 is 5.57 Å². The molecule has 0 aromatic carbocycles. The molecule has 0 aliphatic carbocycles. The monoisotopic (exact) mass is 164 g/mol. The SMILES string of the molecule is C=C(C)c1n[nH]c(=O)c(C)c1C. The standard InChI is InChI=1S/C9H12N2O/c1-5(2)8-6(3)7(4)9(12)11-10-8/h1H2,2-4H3,(H,11,12). The molecule has 0 unspecified atom stereocenters. The van der Waals surface area contributed by atoms with Gasteiger partial charge in [0.1, 0.15) is 0 Å². The molecular formula is C9H12N2O. The number of hydrogen-bond acceptors (Lipinski definition) is 2. The summed E-state index contributed by atoms with van der Waals surface area (Å²) in [6.45, 7) is 9.30. The van der Waals surface area contributed by atoms with Crippen molar-refractivity contribution in [3.8, 4) is 0 Å². The maximum Gasteiger partial charge on any atom is 0.267 e. The van der Waals surface area contributed by atoms with E-state index in [0.717, 1.165) is 16.8 Å². The number of nitrogens with zero attached hydrogens (tertiary/aromatic N) is 1. The first kappa shape index (κ1) is 8.71. The fourth-order valence-corrected chi connectivity index (χ4v) is 1.04. The quantitative estimate of drug-likeness (QED) is 0.682. The van der Waals surface area contributed by atoms with Crippen molar-refractivity contribution in [3.05, 3.63) is 33.8 Å². The van der Waals surface area contributed by atoms with Crippen LogP contribution in [0.2, 0.25) is 0 Å². The van der Waals surface area contributed by atoms with E-state index in [4.69, 9.17) is 0 Å². The third kappa shape index (κ3) is 1.30. The van der Waals surface area contributed by atoms with Gasteiger partial charge in [-0.25, -0.2) is 5.10 Å². The van der Waals surface area contributed by atoms with Gasteiger partial charge in [0.05, 0.1) is 5.69 Å². The van der Waals surface area contributed by atoms with Gasteiger partial charge in [0.2, 0.25) is 0 Å². The molecule has 1 aromatic rings. The number of H-pyrrole nitrogens is 1. The summed E-state index contributed by atoms with van der Waals surface area (Å²) in [5, 5.41) is 6.33. The number of nitrogens with one attached hydrogen (secondary N) is 1. The summed E-state index contributed by atoms with van der Waals surface area (Å²) in [5.74, 6) is 0. The zero-order valence-corrected chi connectivity index (χ0v) is 7.56. The van der Waals surface area contributed by atoms with Gasteiger partial charge in [-0.15, -0.1) is 0 Å². The van der Waals surface area contributed by atoms with Crippen molar-refractivity contribution in [1.82, 2.24) is 10.2 Å². The average molecular weight is 164 g/mol. The summed E-state index contributed by atoms with van der Waals surface area (Å²) in [4.78, 5) is 11.1. The predicted molar refractivity (Wildman–Crippen MR) is 49.0 cm³/mol. The van der Waals surface area contributed by atoms with E-state index < -0.39 is 0 Å². The van der Waals surface area contributed by atoms with Crippen LogP contribution in [0.15, 0.2) is 11.4 Å². The minimum atomic E-state index is -0.127. The second-order valence-corrected chi connectivity index (χ2v) is 2.93. The van der Waals surface area contributed by atoms with Crippen molar-refractivity contribution in [1.29, 1.82) is 0 Å². The van der Waals surface area contributed by atoms with Gasteiger partial charge in [0.25, 0.3) is 5.56 Å². The molecule has 1 aromatic heterocycles. The van der Waals surface area contributed by atoms with Crippen LogP contribution in [0.25, 0.3) is 5.57 Å². The van der Waals surface area contributed by atoms with Crippen LogP contribution in [0.1, 0.15) is 23.7 Å². The van der Waals surface area contributed by atoms with Crippen LogP contribution in [-0.4, -0.2) is 10.2 Å². The molecule has 64 valence electrons. The zero-order valence-electron chi connectivity index (χ0n) is 7.56. The van der Waals surface area contributed by atoms with E-state index in [0.29, 0.717) is 5.56 Å². The lowest BCUT2D eigenvalue weighted by atomic mass is 10.1. The lowest BCUT2D eigenvalue weighted by Crippen LogP contribution is -2.15. The third-order valence-corrected chi connectivity index (χ3v) is 1.93. The van der Waals surface area contributed by atoms with Crippen LogP contribution < -0.4 is 5.56 Å². The first-order chi connectivity index (χ1) is 5.54. The Morgan fingerprint density at radius 2 is 2.00 bits per heavy atom. The second-order valence-electron chi connectivity index (χ2n) is 2.93. The van der Waals surface area contributed by atoms with E-state index in [1.807, 2.05) is 13.8 Å². The first-order valence-electron chi connectivity index (χ1n) is 3.75. The summed E-state index contributed by atoms with van der Waals surface area (Å²) in [7, 11) is 0. The number of aromatic nitrogens is 2. The van der Waals surface area contributed by atoms with Crippen LogP contribution in [0, 0.1) is 13.8 Å². The molecule has 0 aliphatic heterocycles. The van der Waals surface area contributed by atoms with Crippen LogP contribution in [-0.2, 0) is 0 Å². The summed E-state index contributed by atoms with van der Waals surface area (Å²) < 4.78 is 0. The average Bonchev–Trinajstić information content (AvgIpc) is 2.00. The highest BCUT2D eigenvalue weighted by Gasteiger charge is 2.05. The van der Waals surface area contributed by atoms with Crippen LogP contribution >= 0.6 is 0 Å². The van der Waals surface area contributed by atoms with Gasteiger partial charge < -0.3 is 0 Å². The van der Waals surface area contributed by atoms with Gasteiger partial charge in [-0.3, -0.25) is 4.79 Å². The minimum absolute atomic E-state index is 0.127. The van der Waals surface area contributed by atoms with Crippen molar-refractivity contribution in [2.24, 2.45) is 0 Å². The molecular weight excluding hydrogens is 152 g/mol. The fourth-order valence-electron chi connectivity index (χ4n) is 1.04. The lowest BCUT2D eigenvalue weighted by Gasteiger charge is -2.04. The number of allylic oxidation sites excluding steroid dienone is 1. The number of aromatic amines is 1. The van der Waals surface area contributed by atoms with Gasteiger partial charge in [-0.05, 0) is 31.9 Å². The van der Waals surface area contributed by atoms with Gasteiger partial charge >= 0.3 is 0 Å². The molecule has 0 fully saturated rings. The Kier molecular flexibility index (Phi) is 2.13. The summed E-state index contributed by atoms with van der Waals surface area (Å²) >= 11 is 0. The zero-order chi connectivity index (χ0) is 9.30. The maximum atomic E-state index is 11.1. The van der Waals surface area contributed by atoms with Crippen molar-refractivity contribution in [3.63, 3.8) is 0 Å². The Hall–Kier alpha value is -1.38. The molecule has 0 amide bonds. The molecule has 0 atom stereocenters. The van der Waals surface area contributed by atoms with E-state index >= 15 is 0 Å². The normalized spacial score (nSPS) is 9.92. The van der Waals surface area contributed by atoms with Gasteiger partial charge in [0, 0.05) is 5.56 Å². The van der Waals surface area contributed by atoms with Gasteiger partial charge in [0.15, 0.2) is 0 Å². The van der Waals surface area contributed by atoms with E-state index in [1.54, 1.807) is 6.92 Å². The van der Waals surface area contributed by atoms with Crippen molar-refractivity contribution in [2.75, 3.05) is 0 Å². The largest absolute Gasteiger partial charge is 0.268 e. The highest BCUT2D eigenvalue weighted by molar-refractivity contribution is 5.61. The molecule has 12 heavy (non-hydrogen) atoms. The summed E-state index contributed by atoms with van der Waals surface area (Å²) in [6, 6.07) is 0. The maximum absolute atomic E-state index is 11.1. The van der Waals surface area contributed by atoms with Gasteiger partial charge in [-0.2, -0.15) is 5.10 Å². The van der Waals surface area contributed by atoms with Gasteiger partial charge in [-0.1, -0.05) is 6.58 Å². The smallest absolute Gasteiger partial charge is 0.267 e.